The van der Waals surface area contributed by atoms with Crippen molar-refractivity contribution in [3.8, 4) is 0 Å². The maximum absolute atomic E-state index is 12.4. The molecule has 6 nitrogen and oxygen atoms in total. The molecule has 20 heavy (non-hydrogen) atoms. The summed E-state index contributed by atoms with van der Waals surface area (Å²) < 4.78 is 27.6. The zero-order valence-corrected chi connectivity index (χ0v) is 13.5. The lowest BCUT2D eigenvalue weighted by Gasteiger charge is -2.17. The molecule has 0 unspecified atom stereocenters. The van der Waals surface area contributed by atoms with Crippen molar-refractivity contribution in [1.82, 2.24) is 9.97 Å². The number of hydrogen-bond acceptors (Lipinski definition) is 6. The van der Waals surface area contributed by atoms with Crippen LogP contribution in [-0.4, -0.2) is 32.5 Å². The van der Waals surface area contributed by atoms with Crippen molar-refractivity contribution in [2.75, 3.05) is 23.7 Å². The average molecular weight is 333 g/mol. The molecule has 108 valence electrons. The Labute approximate surface area is 126 Å². The predicted octanol–water partition coefficient (Wildman–Crippen LogP) is 2.37. The summed E-state index contributed by atoms with van der Waals surface area (Å²) in [5, 5.41) is 0. The zero-order valence-electron chi connectivity index (χ0n) is 11.1. The lowest BCUT2D eigenvalue weighted by atomic mass is 10.3. The van der Waals surface area contributed by atoms with E-state index >= 15 is 0 Å². The molecule has 2 rings (SSSR count). The minimum Gasteiger partial charge on any atom is -0.376 e. The topological polar surface area (TPSA) is 75.2 Å². The number of aromatic nitrogens is 2. The Morgan fingerprint density at radius 3 is 2.65 bits per heavy atom. The van der Waals surface area contributed by atoms with Crippen LogP contribution in [0.2, 0.25) is 4.47 Å². The summed E-state index contributed by atoms with van der Waals surface area (Å²) in [5.41, 5.74) is 1.50. The molecule has 0 amide bonds. The first kappa shape index (κ1) is 15.0. The van der Waals surface area contributed by atoms with Crippen molar-refractivity contribution in [2.24, 2.45) is 0 Å². The quantitative estimate of drug-likeness (QED) is 0.930. The van der Waals surface area contributed by atoms with Crippen molar-refractivity contribution < 1.29 is 8.42 Å². The van der Waals surface area contributed by atoms with Crippen LogP contribution >= 0.6 is 22.9 Å². The van der Waals surface area contributed by atoms with Crippen molar-refractivity contribution >= 4 is 44.3 Å². The maximum Gasteiger partial charge on any atom is 0.273 e. The van der Waals surface area contributed by atoms with Crippen molar-refractivity contribution in [2.45, 2.75) is 11.1 Å². The van der Waals surface area contributed by atoms with E-state index in [9.17, 15) is 8.42 Å². The van der Waals surface area contributed by atoms with Crippen LogP contribution in [-0.2, 0) is 10.0 Å². The first-order valence-corrected chi connectivity index (χ1v) is 8.26. The molecular formula is C11H13ClN4O2S2. The van der Waals surface area contributed by atoms with E-state index in [2.05, 4.69) is 14.7 Å². The van der Waals surface area contributed by atoms with Crippen molar-refractivity contribution in [3.05, 3.63) is 28.6 Å². The molecule has 0 radical (unpaired) electrons. The summed E-state index contributed by atoms with van der Waals surface area (Å²) in [4.78, 5) is 9.65. The van der Waals surface area contributed by atoms with E-state index in [-0.39, 0.29) is 8.68 Å². The zero-order chi connectivity index (χ0) is 14.9. The highest BCUT2D eigenvalue weighted by Crippen LogP contribution is 2.30. The largest absolute Gasteiger partial charge is 0.376 e. The Bertz CT molecular complexity index is 728. The summed E-state index contributed by atoms with van der Waals surface area (Å²) in [5.74, 6) is 0. The standard InChI is InChI=1S/C11H13ClN4O2S2/c1-7-10(19-11(12)14-7)20(17,18)15-8-6-13-5-4-9(8)16(2)3/h4-6,15H,1-3H3. The van der Waals surface area contributed by atoms with Crippen LogP contribution < -0.4 is 9.62 Å². The molecule has 2 aromatic rings. The van der Waals surface area contributed by atoms with Gasteiger partial charge < -0.3 is 4.90 Å². The highest BCUT2D eigenvalue weighted by Gasteiger charge is 2.22. The Balaban J connectivity index is 2.41. The normalized spacial score (nSPS) is 11.4. The highest BCUT2D eigenvalue weighted by atomic mass is 35.5. The van der Waals surface area contributed by atoms with Gasteiger partial charge in [0.2, 0.25) is 0 Å². The fourth-order valence-electron chi connectivity index (χ4n) is 1.65. The van der Waals surface area contributed by atoms with E-state index in [1.165, 1.54) is 6.20 Å². The van der Waals surface area contributed by atoms with E-state index in [0.29, 0.717) is 11.4 Å². The molecule has 0 aliphatic rings. The third-order valence-electron chi connectivity index (χ3n) is 2.50. The molecule has 0 fully saturated rings. The predicted molar refractivity (Wildman–Crippen MR) is 81.2 cm³/mol. The monoisotopic (exact) mass is 332 g/mol. The Hall–Kier alpha value is -1.38. The summed E-state index contributed by atoms with van der Waals surface area (Å²) in [6.45, 7) is 1.60. The van der Waals surface area contributed by atoms with E-state index < -0.39 is 10.0 Å². The molecule has 0 atom stereocenters. The molecule has 9 heteroatoms. The van der Waals surface area contributed by atoms with Crippen LogP contribution in [0.15, 0.2) is 22.7 Å². The van der Waals surface area contributed by atoms with Gasteiger partial charge in [-0.3, -0.25) is 9.71 Å². The van der Waals surface area contributed by atoms with Gasteiger partial charge in [-0.25, -0.2) is 13.4 Å². The minimum atomic E-state index is -3.72. The molecule has 0 bridgehead atoms. The average Bonchev–Trinajstić information content (AvgIpc) is 2.69. The van der Waals surface area contributed by atoms with Gasteiger partial charge in [-0.2, -0.15) is 0 Å². The van der Waals surface area contributed by atoms with Gasteiger partial charge in [0.15, 0.2) is 8.68 Å². The molecule has 0 aliphatic carbocycles. The molecule has 2 heterocycles. The lowest BCUT2D eigenvalue weighted by molar-refractivity contribution is 0.602. The number of nitrogens with zero attached hydrogens (tertiary/aromatic N) is 3. The number of thiazole rings is 1. The van der Waals surface area contributed by atoms with Crippen LogP contribution in [0.4, 0.5) is 11.4 Å². The lowest BCUT2D eigenvalue weighted by Crippen LogP contribution is -2.17. The van der Waals surface area contributed by atoms with Crippen LogP contribution in [0.5, 0.6) is 0 Å². The number of nitrogens with one attached hydrogen (secondary N) is 1. The molecule has 1 N–H and O–H groups in total. The Morgan fingerprint density at radius 1 is 1.40 bits per heavy atom. The second-order valence-electron chi connectivity index (χ2n) is 4.23. The Morgan fingerprint density at radius 2 is 2.10 bits per heavy atom. The summed E-state index contributed by atoms with van der Waals surface area (Å²) in [6, 6.07) is 1.73. The number of aryl methyl sites for hydroxylation is 1. The number of pyridine rings is 1. The van der Waals surface area contributed by atoms with E-state index in [1.54, 1.807) is 24.1 Å². The number of hydrogen-bond donors (Lipinski definition) is 1. The van der Waals surface area contributed by atoms with Gasteiger partial charge in [0.25, 0.3) is 10.0 Å². The fraction of sp³-hybridized carbons (Fsp3) is 0.273. The smallest absolute Gasteiger partial charge is 0.273 e. The van der Waals surface area contributed by atoms with Crippen molar-refractivity contribution in [3.63, 3.8) is 0 Å². The fourth-order valence-corrected chi connectivity index (χ4v) is 4.45. The molecule has 0 aromatic carbocycles. The minimum absolute atomic E-state index is 0.107. The Kier molecular flexibility index (Phi) is 4.17. The highest BCUT2D eigenvalue weighted by molar-refractivity contribution is 7.94. The van der Waals surface area contributed by atoms with Crippen LogP contribution in [0.3, 0.4) is 0 Å². The van der Waals surface area contributed by atoms with E-state index in [0.717, 1.165) is 17.0 Å². The van der Waals surface area contributed by atoms with Gasteiger partial charge in [0, 0.05) is 20.3 Å². The van der Waals surface area contributed by atoms with E-state index in [4.69, 9.17) is 11.6 Å². The second kappa shape index (κ2) is 5.55. The van der Waals surface area contributed by atoms with Gasteiger partial charge in [-0.05, 0) is 13.0 Å². The molecular weight excluding hydrogens is 320 g/mol. The first-order valence-electron chi connectivity index (χ1n) is 5.58. The summed E-state index contributed by atoms with van der Waals surface area (Å²) in [6.07, 6.45) is 3.06. The maximum atomic E-state index is 12.4. The van der Waals surface area contributed by atoms with Crippen LogP contribution in [0.25, 0.3) is 0 Å². The van der Waals surface area contributed by atoms with Gasteiger partial charge >= 0.3 is 0 Å². The molecule has 0 spiro atoms. The first-order chi connectivity index (χ1) is 9.31. The molecule has 0 aliphatic heterocycles. The number of sulfonamides is 1. The van der Waals surface area contributed by atoms with Crippen LogP contribution in [0, 0.1) is 6.92 Å². The van der Waals surface area contributed by atoms with E-state index in [1.807, 2.05) is 14.1 Å². The number of halogens is 1. The summed E-state index contributed by atoms with van der Waals surface area (Å²) in [7, 11) is -0.0815. The van der Waals surface area contributed by atoms with Gasteiger partial charge in [0.1, 0.15) is 0 Å². The van der Waals surface area contributed by atoms with Gasteiger partial charge in [0.05, 0.1) is 23.3 Å². The second-order valence-corrected chi connectivity index (χ2v) is 7.69. The SMILES string of the molecule is Cc1nc(Cl)sc1S(=O)(=O)Nc1cnccc1N(C)C. The molecule has 0 saturated heterocycles. The van der Waals surface area contributed by atoms with Crippen LogP contribution in [0.1, 0.15) is 5.69 Å². The third kappa shape index (κ3) is 3.02. The van der Waals surface area contributed by atoms with Gasteiger partial charge in [-0.1, -0.05) is 22.9 Å². The number of anilines is 2. The number of rotatable bonds is 4. The third-order valence-corrected chi connectivity index (χ3v) is 5.73. The molecule has 0 saturated carbocycles. The molecule has 2 aromatic heterocycles. The van der Waals surface area contributed by atoms with Gasteiger partial charge in [-0.15, -0.1) is 0 Å². The summed E-state index contributed by atoms with van der Waals surface area (Å²) >= 11 is 6.68. The van der Waals surface area contributed by atoms with Crippen molar-refractivity contribution in [1.29, 1.82) is 0 Å².